The van der Waals surface area contributed by atoms with Crippen LogP contribution in [0.1, 0.15) is 24.4 Å². The summed E-state index contributed by atoms with van der Waals surface area (Å²) in [5.74, 6) is -0.261. The van der Waals surface area contributed by atoms with E-state index in [-0.39, 0.29) is 23.8 Å². The van der Waals surface area contributed by atoms with Gasteiger partial charge in [0.2, 0.25) is 11.8 Å². The molecule has 1 saturated heterocycles. The molecule has 20 heavy (non-hydrogen) atoms. The first kappa shape index (κ1) is 14.5. The van der Waals surface area contributed by atoms with E-state index in [9.17, 15) is 9.59 Å². The van der Waals surface area contributed by atoms with Crippen molar-refractivity contribution in [2.45, 2.75) is 18.9 Å². The zero-order valence-electron chi connectivity index (χ0n) is 11.7. The number of carbonyl (C=O) groups excluding carboxylic acids is 2. The second kappa shape index (κ2) is 6.52. The van der Waals surface area contributed by atoms with Gasteiger partial charge in [-0.25, -0.2) is 0 Å². The zero-order valence-corrected chi connectivity index (χ0v) is 11.7. The maximum Gasteiger partial charge on any atom is 0.223 e. The fourth-order valence-electron chi connectivity index (χ4n) is 2.34. The Morgan fingerprint density at radius 2 is 2.15 bits per heavy atom. The fraction of sp³-hybridized carbons (Fsp3) is 0.467. The Bertz CT molecular complexity index is 475. The molecule has 2 rings (SSSR count). The second-order valence-electron chi connectivity index (χ2n) is 5.27. The van der Waals surface area contributed by atoms with Gasteiger partial charge >= 0.3 is 0 Å². The highest BCUT2D eigenvalue weighted by Gasteiger charge is 2.28. The van der Waals surface area contributed by atoms with Gasteiger partial charge in [0.05, 0.1) is 0 Å². The normalized spacial score (nSPS) is 20.6. The average molecular weight is 275 g/mol. The summed E-state index contributed by atoms with van der Waals surface area (Å²) in [6.07, 6.45) is 1.01. The van der Waals surface area contributed by atoms with Crippen LogP contribution in [0.2, 0.25) is 0 Å². The van der Waals surface area contributed by atoms with Crippen LogP contribution in [0.3, 0.4) is 0 Å². The third kappa shape index (κ3) is 3.57. The van der Waals surface area contributed by atoms with Gasteiger partial charge in [0.25, 0.3) is 0 Å². The first-order valence-electron chi connectivity index (χ1n) is 6.90. The van der Waals surface area contributed by atoms with E-state index >= 15 is 0 Å². The number of nitrogens with two attached hydrogens (primary N) is 1. The van der Waals surface area contributed by atoms with E-state index in [1.807, 2.05) is 30.3 Å². The minimum absolute atomic E-state index is 0.0313. The topological polar surface area (TPSA) is 75.4 Å². The SMILES string of the molecule is CN1CCC(C(=O)NCC(N)c2ccccc2)CC1=O. The Labute approximate surface area is 119 Å². The lowest BCUT2D eigenvalue weighted by atomic mass is 9.95. The van der Waals surface area contributed by atoms with Crippen molar-refractivity contribution in [1.82, 2.24) is 10.2 Å². The number of hydrogen-bond acceptors (Lipinski definition) is 3. The third-order valence-electron chi connectivity index (χ3n) is 3.75. The zero-order chi connectivity index (χ0) is 14.5. The first-order chi connectivity index (χ1) is 9.58. The van der Waals surface area contributed by atoms with E-state index in [2.05, 4.69) is 5.32 Å². The number of likely N-dealkylation sites (tertiary alicyclic amines) is 1. The van der Waals surface area contributed by atoms with Crippen molar-refractivity contribution >= 4 is 11.8 Å². The highest BCUT2D eigenvalue weighted by molar-refractivity contribution is 5.86. The molecule has 1 aliphatic rings. The van der Waals surface area contributed by atoms with Gasteiger partial charge in [0.15, 0.2) is 0 Å². The van der Waals surface area contributed by atoms with Crippen LogP contribution in [0.25, 0.3) is 0 Å². The molecule has 2 unspecified atom stereocenters. The highest BCUT2D eigenvalue weighted by atomic mass is 16.2. The molecule has 1 fully saturated rings. The summed E-state index contributed by atoms with van der Waals surface area (Å²) in [5, 5.41) is 2.85. The molecule has 2 amide bonds. The van der Waals surface area contributed by atoms with Crippen LogP contribution >= 0.6 is 0 Å². The Balaban J connectivity index is 1.82. The molecule has 3 N–H and O–H groups in total. The standard InChI is InChI=1S/C15H21N3O2/c1-18-8-7-12(9-14(18)19)15(20)17-10-13(16)11-5-3-2-4-6-11/h2-6,12-13H,7-10,16H2,1H3,(H,17,20). The van der Waals surface area contributed by atoms with Crippen molar-refractivity contribution in [3.63, 3.8) is 0 Å². The van der Waals surface area contributed by atoms with Gasteiger partial charge < -0.3 is 16.0 Å². The summed E-state index contributed by atoms with van der Waals surface area (Å²) >= 11 is 0. The van der Waals surface area contributed by atoms with Gasteiger partial charge in [-0.1, -0.05) is 30.3 Å². The van der Waals surface area contributed by atoms with Crippen LogP contribution < -0.4 is 11.1 Å². The molecule has 0 saturated carbocycles. The van der Waals surface area contributed by atoms with E-state index in [0.29, 0.717) is 25.9 Å². The Morgan fingerprint density at radius 3 is 2.80 bits per heavy atom. The Morgan fingerprint density at radius 1 is 1.45 bits per heavy atom. The molecular weight excluding hydrogens is 254 g/mol. The summed E-state index contributed by atoms with van der Waals surface area (Å²) < 4.78 is 0. The number of piperidine rings is 1. The quantitative estimate of drug-likeness (QED) is 0.848. The van der Waals surface area contributed by atoms with Crippen LogP contribution in [0.15, 0.2) is 30.3 Å². The summed E-state index contributed by atoms with van der Waals surface area (Å²) in [7, 11) is 1.77. The largest absolute Gasteiger partial charge is 0.354 e. The van der Waals surface area contributed by atoms with E-state index < -0.39 is 0 Å². The smallest absolute Gasteiger partial charge is 0.223 e. The molecule has 108 valence electrons. The number of nitrogens with zero attached hydrogens (tertiary/aromatic N) is 1. The summed E-state index contributed by atoms with van der Waals surface area (Å²) in [5.41, 5.74) is 7.03. The molecule has 0 spiro atoms. The highest BCUT2D eigenvalue weighted by Crippen LogP contribution is 2.17. The van der Waals surface area contributed by atoms with Gasteiger partial charge in [0.1, 0.15) is 0 Å². The van der Waals surface area contributed by atoms with Crippen LogP contribution in [0.5, 0.6) is 0 Å². The monoisotopic (exact) mass is 275 g/mol. The maximum atomic E-state index is 12.0. The van der Waals surface area contributed by atoms with Crippen molar-refractivity contribution in [3.8, 4) is 0 Å². The summed E-state index contributed by atoms with van der Waals surface area (Å²) in [4.78, 5) is 25.3. The van der Waals surface area contributed by atoms with Gasteiger partial charge in [-0.05, 0) is 12.0 Å². The molecule has 1 aromatic rings. The van der Waals surface area contributed by atoms with Crippen molar-refractivity contribution in [2.75, 3.05) is 20.1 Å². The number of hydrogen-bond donors (Lipinski definition) is 2. The number of carbonyl (C=O) groups is 2. The number of benzene rings is 1. The lowest BCUT2D eigenvalue weighted by Gasteiger charge is -2.28. The van der Waals surface area contributed by atoms with E-state index in [4.69, 9.17) is 5.73 Å². The Kier molecular flexibility index (Phi) is 4.74. The fourth-order valence-corrected chi connectivity index (χ4v) is 2.34. The molecule has 0 bridgehead atoms. The van der Waals surface area contributed by atoms with E-state index in [0.717, 1.165) is 5.56 Å². The number of amides is 2. The van der Waals surface area contributed by atoms with Crippen LogP contribution in [-0.2, 0) is 9.59 Å². The maximum absolute atomic E-state index is 12.0. The van der Waals surface area contributed by atoms with Crippen molar-refractivity contribution in [2.24, 2.45) is 11.7 Å². The van der Waals surface area contributed by atoms with Gasteiger partial charge in [0, 0.05) is 38.5 Å². The minimum Gasteiger partial charge on any atom is -0.354 e. The number of nitrogens with one attached hydrogen (secondary N) is 1. The molecule has 2 atom stereocenters. The molecule has 1 aliphatic heterocycles. The Hall–Kier alpha value is -1.88. The summed E-state index contributed by atoms with van der Waals surface area (Å²) in [6, 6.07) is 9.44. The van der Waals surface area contributed by atoms with Gasteiger partial charge in [-0.2, -0.15) is 0 Å². The predicted molar refractivity (Wildman–Crippen MR) is 76.7 cm³/mol. The number of rotatable bonds is 4. The van der Waals surface area contributed by atoms with Crippen molar-refractivity contribution < 1.29 is 9.59 Å². The van der Waals surface area contributed by atoms with Gasteiger partial charge in [-0.3, -0.25) is 9.59 Å². The lowest BCUT2D eigenvalue weighted by molar-refractivity contribution is -0.139. The van der Waals surface area contributed by atoms with Gasteiger partial charge in [-0.15, -0.1) is 0 Å². The predicted octanol–water partition coefficient (Wildman–Crippen LogP) is 0.671. The average Bonchev–Trinajstić information content (AvgIpc) is 2.48. The van der Waals surface area contributed by atoms with Crippen LogP contribution in [-0.4, -0.2) is 36.9 Å². The molecule has 0 aromatic heterocycles. The third-order valence-corrected chi connectivity index (χ3v) is 3.75. The van der Waals surface area contributed by atoms with Crippen LogP contribution in [0.4, 0.5) is 0 Å². The molecule has 0 aliphatic carbocycles. The molecule has 0 radical (unpaired) electrons. The molecule has 5 nitrogen and oxygen atoms in total. The van der Waals surface area contributed by atoms with E-state index in [1.165, 1.54) is 0 Å². The van der Waals surface area contributed by atoms with E-state index in [1.54, 1.807) is 11.9 Å². The minimum atomic E-state index is -0.221. The second-order valence-corrected chi connectivity index (χ2v) is 5.27. The van der Waals surface area contributed by atoms with Crippen LogP contribution in [0, 0.1) is 5.92 Å². The first-order valence-corrected chi connectivity index (χ1v) is 6.90. The summed E-state index contributed by atoms with van der Waals surface area (Å²) in [6.45, 7) is 1.03. The van der Waals surface area contributed by atoms with Crippen molar-refractivity contribution in [3.05, 3.63) is 35.9 Å². The molecule has 1 aromatic carbocycles. The lowest BCUT2D eigenvalue weighted by Crippen LogP contribution is -2.43. The molecule has 1 heterocycles. The molecular formula is C15H21N3O2. The molecule has 5 heteroatoms. The van der Waals surface area contributed by atoms with Crippen molar-refractivity contribution in [1.29, 1.82) is 0 Å².